The van der Waals surface area contributed by atoms with E-state index in [1.807, 2.05) is 51.4 Å². The van der Waals surface area contributed by atoms with Gasteiger partial charge in [-0.1, -0.05) is 53.4 Å². The average Bonchev–Trinajstić information content (AvgIpc) is 3.36. The fourth-order valence-electron chi connectivity index (χ4n) is 3.72. The van der Waals surface area contributed by atoms with Crippen LogP contribution in [0.4, 0.5) is 0 Å². The predicted molar refractivity (Wildman–Crippen MR) is 136 cm³/mol. The lowest BCUT2D eigenvalue weighted by atomic mass is 10.2. The minimum Gasteiger partial charge on any atom is -0.383 e. The maximum absolute atomic E-state index is 12.4. The van der Waals surface area contributed by atoms with E-state index in [0.717, 1.165) is 38.3 Å². The quantitative estimate of drug-likeness (QED) is 0.152. The molecule has 10 heteroatoms. The van der Waals surface area contributed by atoms with Gasteiger partial charge in [-0.3, -0.25) is 13.8 Å². The number of rotatable bonds is 7. The Morgan fingerprint density at radius 1 is 1.15 bits per heavy atom. The van der Waals surface area contributed by atoms with Gasteiger partial charge in [-0.15, -0.1) is 0 Å². The van der Waals surface area contributed by atoms with Crippen LogP contribution in [0.3, 0.4) is 0 Å². The molecular weight excluding hydrogens is 474 g/mol. The van der Waals surface area contributed by atoms with E-state index in [1.165, 1.54) is 23.1 Å². The molecule has 7 nitrogen and oxygen atoms in total. The first kappa shape index (κ1) is 22.0. The molecule has 0 unspecified atom stereocenters. The number of imidazole rings is 1. The van der Waals surface area contributed by atoms with Gasteiger partial charge in [0.25, 0.3) is 0 Å². The number of fused-ring (bicyclic) bond motifs is 5. The number of para-hydroxylation sites is 3. The second kappa shape index (κ2) is 9.22. The number of hydrogen-bond acceptors (Lipinski definition) is 7. The largest absolute Gasteiger partial charge is 0.383 e. The van der Waals surface area contributed by atoms with Gasteiger partial charge < -0.3 is 10.1 Å². The van der Waals surface area contributed by atoms with Gasteiger partial charge in [-0.25, -0.2) is 9.97 Å². The molecule has 0 saturated heterocycles. The minimum atomic E-state index is -0.0717. The van der Waals surface area contributed by atoms with Crippen LogP contribution < -0.4 is 5.32 Å². The van der Waals surface area contributed by atoms with E-state index in [4.69, 9.17) is 26.9 Å². The van der Waals surface area contributed by atoms with Crippen molar-refractivity contribution in [3.05, 3.63) is 58.0 Å². The molecule has 3 aromatic heterocycles. The number of nitrogens with zero attached hydrogens (tertiary/aromatic N) is 4. The van der Waals surface area contributed by atoms with E-state index < -0.39 is 0 Å². The number of carbonyl (C=O) groups excluding carboxylic acids is 1. The maximum Gasteiger partial charge on any atom is 0.230 e. The zero-order chi connectivity index (χ0) is 22.9. The molecule has 33 heavy (non-hydrogen) atoms. The van der Waals surface area contributed by atoms with Gasteiger partial charge in [-0.2, -0.15) is 0 Å². The number of thiazole rings is 1. The third kappa shape index (κ3) is 4.04. The number of carbonyl (C=O) groups is 1. The van der Waals surface area contributed by atoms with Gasteiger partial charge in [0.15, 0.2) is 20.4 Å². The second-order valence-electron chi connectivity index (χ2n) is 7.43. The average molecular weight is 496 g/mol. The zero-order valence-electron chi connectivity index (χ0n) is 18.1. The molecule has 0 aliphatic heterocycles. The summed E-state index contributed by atoms with van der Waals surface area (Å²) in [4.78, 5) is 22.3. The van der Waals surface area contributed by atoms with Crippen LogP contribution in [0.1, 0.15) is 5.56 Å². The Morgan fingerprint density at radius 2 is 1.94 bits per heavy atom. The van der Waals surface area contributed by atoms with Gasteiger partial charge in [-0.05, 0) is 42.9 Å². The summed E-state index contributed by atoms with van der Waals surface area (Å²) < 4.78 is 10.7. The summed E-state index contributed by atoms with van der Waals surface area (Å²) in [5.74, 6) is 0.163. The van der Waals surface area contributed by atoms with Crippen LogP contribution in [0, 0.1) is 10.9 Å². The summed E-state index contributed by atoms with van der Waals surface area (Å²) in [6.45, 7) is 3.01. The first-order valence-electron chi connectivity index (χ1n) is 10.4. The summed E-state index contributed by atoms with van der Waals surface area (Å²) in [6, 6.07) is 16.1. The highest BCUT2D eigenvalue weighted by atomic mass is 32.2. The molecule has 1 amide bonds. The molecule has 0 saturated carbocycles. The van der Waals surface area contributed by atoms with Crippen LogP contribution in [0.25, 0.3) is 32.7 Å². The molecule has 0 fully saturated rings. The molecule has 0 atom stereocenters. The van der Waals surface area contributed by atoms with Crippen molar-refractivity contribution in [1.82, 2.24) is 24.3 Å². The lowest BCUT2D eigenvalue weighted by Gasteiger charge is -2.10. The topological polar surface area (TPSA) is 73.4 Å². The number of amides is 1. The van der Waals surface area contributed by atoms with Crippen LogP contribution in [0.15, 0.2) is 53.7 Å². The highest BCUT2D eigenvalue weighted by Crippen LogP contribution is 2.34. The summed E-state index contributed by atoms with van der Waals surface area (Å²) in [5, 5.41) is 3.56. The number of nitrogens with one attached hydrogen (secondary N) is 1. The van der Waals surface area contributed by atoms with Gasteiger partial charge >= 0.3 is 0 Å². The van der Waals surface area contributed by atoms with Crippen molar-refractivity contribution in [2.45, 2.75) is 12.1 Å². The number of methoxy groups -OCH3 is 1. The smallest absolute Gasteiger partial charge is 0.230 e. The summed E-state index contributed by atoms with van der Waals surface area (Å²) in [6.07, 6.45) is 0. The monoisotopic (exact) mass is 495 g/mol. The van der Waals surface area contributed by atoms with E-state index in [1.54, 1.807) is 7.11 Å². The molecule has 0 aliphatic carbocycles. The van der Waals surface area contributed by atoms with Crippen molar-refractivity contribution in [3.63, 3.8) is 0 Å². The van der Waals surface area contributed by atoms with Gasteiger partial charge in [0.1, 0.15) is 4.70 Å². The Hall–Kier alpha value is -2.79. The fraction of sp³-hybridized carbons (Fsp3) is 0.217. The minimum absolute atomic E-state index is 0.0717. The fourth-order valence-corrected chi connectivity index (χ4v) is 5.89. The lowest BCUT2D eigenvalue weighted by molar-refractivity contribution is -0.118. The Balaban J connectivity index is 1.70. The normalized spacial score (nSPS) is 11.6. The van der Waals surface area contributed by atoms with E-state index in [0.29, 0.717) is 22.3 Å². The third-order valence-corrected chi connectivity index (χ3v) is 7.56. The van der Waals surface area contributed by atoms with E-state index in [2.05, 4.69) is 18.3 Å². The van der Waals surface area contributed by atoms with E-state index in [9.17, 15) is 4.79 Å². The van der Waals surface area contributed by atoms with Gasteiger partial charge in [0.05, 0.1) is 29.1 Å². The number of aryl methyl sites for hydroxylation is 1. The summed E-state index contributed by atoms with van der Waals surface area (Å²) in [7, 11) is 1.61. The first-order valence-corrected chi connectivity index (χ1v) is 12.6. The van der Waals surface area contributed by atoms with Gasteiger partial charge in [0, 0.05) is 13.7 Å². The Bertz CT molecular complexity index is 1550. The van der Waals surface area contributed by atoms with Crippen LogP contribution in [-0.4, -0.2) is 50.9 Å². The van der Waals surface area contributed by atoms with Crippen molar-refractivity contribution in [2.75, 3.05) is 26.0 Å². The van der Waals surface area contributed by atoms with Crippen LogP contribution in [0.5, 0.6) is 0 Å². The molecule has 1 N–H and O–H groups in total. The van der Waals surface area contributed by atoms with Crippen molar-refractivity contribution in [1.29, 1.82) is 0 Å². The van der Waals surface area contributed by atoms with Crippen molar-refractivity contribution in [2.24, 2.45) is 0 Å². The highest BCUT2D eigenvalue weighted by molar-refractivity contribution is 7.99. The molecule has 5 rings (SSSR count). The Kier molecular flexibility index (Phi) is 6.15. The number of aromatic nitrogens is 4. The van der Waals surface area contributed by atoms with Gasteiger partial charge in [0.2, 0.25) is 5.91 Å². The molecule has 3 heterocycles. The highest BCUT2D eigenvalue weighted by Gasteiger charge is 2.20. The van der Waals surface area contributed by atoms with E-state index in [-0.39, 0.29) is 11.7 Å². The molecule has 0 radical (unpaired) electrons. The standard InChI is InChI=1S/C23H21N5O2S3/c1-14-7-3-5-9-16(14)28-21-19(33-23(28)31)20-25-15-8-4-6-10-17(15)27(20)22(26-21)32-13-18(29)24-11-12-30-2/h3-10H,11-13H2,1-2H3,(H,24,29). The van der Waals surface area contributed by atoms with Crippen LogP contribution >= 0.6 is 35.3 Å². The number of ether oxygens (including phenoxy) is 1. The molecule has 2 aromatic carbocycles. The molecule has 168 valence electrons. The molecule has 0 bridgehead atoms. The first-order chi connectivity index (χ1) is 16.1. The van der Waals surface area contributed by atoms with Crippen molar-refractivity contribution >= 4 is 68.3 Å². The second-order valence-corrected chi connectivity index (χ2v) is 10.0. The molecular formula is C23H21N5O2S3. The summed E-state index contributed by atoms with van der Waals surface area (Å²) in [5.41, 5.74) is 5.48. The molecule has 0 spiro atoms. The zero-order valence-corrected chi connectivity index (χ0v) is 20.5. The van der Waals surface area contributed by atoms with Crippen molar-refractivity contribution in [3.8, 4) is 5.69 Å². The van der Waals surface area contributed by atoms with E-state index >= 15 is 0 Å². The SMILES string of the molecule is COCCNC(=O)CSc1nc2c(sc(=S)n2-c2ccccc2C)c2nc3ccccc3n12. The Morgan fingerprint density at radius 3 is 2.76 bits per heavy atom. The maximum atomic E-state index is 12.4. The number of thioether (sulfide) groups is 1. The Labute approximate surface area is 203 Å². The number of hydrogen-bond donors (Lipinski definition) is 1. The molecule has 5 aromatic rings. The predicted octanol–water partition coefficient (Wildman–Crippen LogP) is 4.78. The summed E-state index contributed by atoms with van der Waals surface area (Å²) >= 11 is 8.66. The molecule has 0 aliphatic rings. The number of benzene rings is 2. The third-order valence-electron chi connectivity index (χ3n) is 5.26. The lowest BCUT2D eigenvalue weighted by Crippen LogP contribution is -2.28. The van der Waals surface area contributed by atoms with Crippen molar-refractivity contribution < 1.29 is 9.53 Å². The van der Waals surface area contributed by atoms with Crippen LogP contribution in [0.2, 0.25) is 0 Å². The van der Waals surface area contributed by atoms with Crippen LogP contribution in [-0.2, 0) is 9.53 Å².